The van der Waals surface area contributed by atoms with E-state index in [0.29, 0.717) is 22.8 Å². The second-order valence-corrected chi connectivity index (χ2v) is 6.32. The summed E-state index contributed by atoms with van der Waals surface area (Å²) >= 11 is 0. The lowest BCUT2D eigenvalue weighted by Crippen LogP contribution is -2.42. The zero-order valence-corrected chi connectivity index (χ0v) is 14.2. The molecule has 3 heterocycles. The molecule has 1 aliphatic heterocycles. The standard InChI is InChI=1S/C18H20N6O2/c25-17(26)13-1-2-14-15(10-13)22-18(21-14)23-16-9-12(3-4-20-16)11-24-7-5-19-6-8-24/h1-4,9-10,19H,5-8,11H2,(H,25,26)(H2,20,21,22,23). The molecule has 26 heavy (non-hydrogen) atoms. The zero-order valence-electron chi connectivity index (χ0n) is 14.2. The first-order valence-corrected chi connectivity index (χ1v) is 8.55. The molecule has 0 aliphatic carbocycles. The number of nitrogens with one attached hydrogen (secondary N) is 3. The normalized spacial score (nSPS) is 15.2. The van der Waals surface area contributed by atoms with Crippen LogP contribution in [0.15, 0.2) is 36.5 Å². The molecular weight excluding hydrogens is 332 g/mol. The number of benzene rings is 1. The lowest BCUT2D eigenvalue weighted by molar-refractivity contribution is 0.0697. The summed E-state index contributed by atoms with van der Waals surface area (Å²) in [5.41, 5.74) is 2.79. The van der Waals surface area contributed by atoms with Crippen LogP contribution in [-0.4, -0.2) is 57.1 Å². The third-order valence-electron chi connectivity index (χ3n) is 4.42. The predicted octanol–water partition coefficient (Wildman–Crippen LogP) is 1.80. The molecule has 1 saturated heterocycles. The third-order valence-corrected chi connectivity index (χ3v) is 4.42. The highest BCUT2D eigenvalue weighted by Gasteiger charge is 2.11. The van der Waals surface area contributed by atoms with Crippen molar-refractivity contribution in [2.24, 2.45) is 0 Å². The van der Waals surface area contributed by atoms with E-state index in [0.717, 1.165) is 32.7 Å². The van der Waals surface area contributed by atoms with Crippen LogP contribution >= 0.6 is 0 Å². The number of aromatic nitrogens is 3. The number of hydrogen-bond acceptors (Lipinski definition) is 6. The fourth-order valence-corrected chi connectivity index (χ4v) is 3.09. The molecule has 0 unspecified atom stereocenters. The predicted molar refractivity (Wildman–Crippen MR) is 98.7 cm³/mol. The molecule has 0 amide bonds. The molecule has 0 saturated carbocycles. The number of nitrogens with zero attached hydrogens (tertiary/aromatic N) is 3. The van der Waals surface area contributed by atoms with Gasteiger partial charge in [-0.25, -0.2) is 14.8 Å². The summed E-state index contributed by atoms with van der Waals surface area (Å²) in [7, 11) is 0. The summed E-state index contributed by atoms with van der Waals surface area (Å²) in [6.07, 6.45) is 1.78. The number of carbonyl (C=O) groups is 1. The summed E-state index contributed by atoms with van der Waals surface area (Å²) in [5.74, 6) is 0.280. The molecule has 4 rings (SSSR count). The minimum atomic E-state index is -0.960. The third kappa shape index (κ3) is 3.66. The van der Waals surface area contributed by atoms with Crippen molar-refractivity contribution >= 4 is 28.8 Å². The van der Waals surface area contributed by atoms with E-state index in [1.807, 2.05) is 12.1 Å². The van der Waals surface area contributed by atoms with Crippen LogP contribution in [0.3, 0.4) is 0 Å². The Balaban J connectivity index is 1.50. The SMILES string of the molecule is O=C(O)c1ccc2nc(Nc3cc(CN4CCNCC4)ccn3)[nH]c2c1. The number of carboxylic acids is 1. The number of carboxylic acid groups (broad SMARTS) is 1. The Morgan fingerprint density at radius 3 is 2.88 bits per heavy atom. The van der Waals surface area contributed by atoms with E-state index >= 15 is 0 Å². The molecular formula is C18H20N6O2. The van der Waals surface area contributed by atoms with Crippen LogP contribution in [0.2, 0.25) is 0 Å². The van der Waals surface area contributed by atoms with Crippen molar-refractivity contribution in [3.63, 3.8) is 0 Å². The Kier molecular flexibility index (Phi) is 4.51. The van der Waals surface area contributed by atoms with Gasteiger partial charge in [-0.3, -0.25) is 4.90 Å². The van der Waals surface area contributed by atoms with Gasteiger partial charge >= 0.3 is 5.97 Å². The number of anilines is 2. The van der Waals surface area contributed by atoms with Crippen molar-refractivity contribution in [2.45, 2.75) is 6.54 Å². The van der Waals surface area contributed by atoms with E-state index in [-0.39, 0.29) is 5.56 Å². The van der Waals surface area contributed by atoms with E-state index in [9.17, 15) is 4.79 Å². The average molecular weight is 352 g/mol. The number of fused-ring (bicyclic) bond motifs is 1. The van der Waals surface area contributed by atoms with E-state index < -0.39 is 5.97 Å². The van der Waals surface area contributed by atoms with Crippen LogP contribution in [0.5, 0.6) is 0 Å². The van der Waals surface area contributed by atoms with Gasteiger partial charge in [0.2, 0.25) is 5.95 Å². The van der Waals surface area contributed by atoms with Crippen molar-refractivity contribution in [3.05, 3.63) is 47.7 Å². The van der Waals surface area contributed by atoms with Crippen LogP contribution in [0.4, 0.5) is 11.8 Å². The van der Waals surface area contributed by atoms with Gasteiger partial charge in [0.1, 0.15) is 5.82 Å². The summed E-state index contributed by atoms with van der Waals surface area (Å²) in [4.78, 5) is 25.4. The van der Waals surface area contributed by atoms with Gasteiger partial charge in [0.15, 0.2) is 0 Å². The first-order valence-electron chi connectivity index (χ1n) is 8.55. The number of pyridine rings is 1. The van der Waals surface area contributed by atoms with Crippen LogP contribution in [-0.2, 0) is 6.54 Å². The van der Waals surface area contributed by atoms with Crippen LogP contribution in [0.1, 0.15) is 15.9 Å². The van der Waals surface area contributed by atoms with Crippen molar-refractivity contribution in [1.29, 1.82) is 0 Å². The van der Waals surface area contributed by atoms with Crippen molar-refractivity contribution < 1.29 is 9.90 Å². The Labute approximate surface area is 150 Å². The fourth-order valence-electron chi connectivity index (χ4n) is 3.09. The van der Waals surface area contributed by atoms with Crippen molar-refractivity contribution in [2.75, 3.05) is 31.5 Å². The number of aromatic amines is 1. The summed E-state index contributed by atoms with van der Waals surface area (Å²) in [6.45, 7) is 5.02. The van der Waals surface area contributed by atoms with Crippen LogP contribution in [0, 0.1) is 0 Å². The van der Waals surface area contributed by atoms with Crippen LogP contribution in [0.25, 0.3) is 11.0 Å². The largest absolute Gasteiger partial charge is 0.478 e. The summed E-state index contributed by atoms with van der Waals surface area (Å²) < 4.78 is 0. The molecule has 134 valence electrons. The molecule has 2 aromatic heterocycles. The lowest BCUT2D eigenvalue weighted by Gasteiger charge is -2.27. The number of imidazole rings is 1. The van der Waals surface area contributed by atoms with Gasteiger partial charge in [-0.15, -0.1) is 0 Å². The fraction of sp³-hybridized carbons (Fsp3) is 0.278. The zero-order chi connectivity index (χ0) is 17.9. The number of hydrogen-bond donors (Lipinski definition) is 4. The Morgan fingerprint density at radius 2 is 2.08 bits per heavy atom. The number of H-pyrrole nitrogens is 1. The smallest absolute Gasteiger partial charge is 0.335 e. The quantitative estimate of drug-likeness (QED) is 0.555. The molecule has 8 nitrogen and oxygen atoms in total. The van der Waals surface area contributed by atoms with E-state index in [1.54, 1.807) is 24.4 Å². The van der Waals surface area contributed by atoms with Gasteiger partial charge < -0.3 is 20.7 Å². The van der Waals surface area contributed by atoms with E-state index in [4.69, 9.17) is 5.11 Å². The first kappa shape index (κ1) is 16.5. The monoisotopic (exact) mass is 352 g/mol. The minimum absolute atomic E-state index is 0.226. The molecule has 0 atom stereocenters. The van der Waals surface area contributed by atoms with Crippen LogP contribution < -0.4 is 10.6 Å². The molecule has 0 radical (unpaired) electrons. The van der Waals surface area contributed by atoms with E-state index in [1.165, 1.54) is 5.56 Å². The topological polar surface area (TPSA) is 106 Å². The van der Waals surface area contributed by atoms with Gasteiger partial charge in [0.05, 0.1) is 16.6 Å². The van der Waals surface area contributed by atoms with Gasteiger partial charge in [-0.1, -0.05) is 0 Å². The second-order valence-electron chi connectivity index (χ2n) is 6.32. The maximum absolute atomic E-state index is 11.1. The highest BCUT2D eigenvalue weighted by atomic mass is 16.4. The maximum atomic E-state index is 11.1. The van der Waals surface area contributed by atoms with Gasteiger partial charge in [0, 0.05) is 38.9 Å². The molecule has 0 spiro atoms. The second kappa shape index (κ2) is 7.11. The highest BCUT2D eigenvalue weighted by Crippen LogP contribution is 2.19. The minimum Gasteiger partial charge on any atom is -0.478 e. The summed E-state index contributed by atoms with van der Waals surface area (Å²) in [6, 6.07) is 8.84. The van der Waals surface area contributed by atoms with Gasteiger partial charge in [-0.2, -0.15) is 0 Å². The first-order chi connectivity index (χ1) is 12.7. The maximum Gasteiger partial charge on any atom is 0.335 e. The molecule has 1 aliphatic rings. The molecule has 1 aromatic carbocycles. The van der Waals surface area contributed by atoms with Gasteiger partial charge in [-0.05, 0) is 35.9 Å². The molecule has 0 bridgehead atoms. The van der Waals surface area contributed by atoms with E-state index in [2.05, 4.69) is 30.5 Å². The molecule has 4 N–H and O–H groups in total. The number of piperazine rings is 1. The Morgan fingerprint density at radius 1 is 1.23 bits per heavy atom. The van der Waals surface area contributed by atoms with Crippen molar-refractivity contribution in [1.82, 2.24) is 25.2 Å². The lowest BCUT2D eigenvalue weighted by atomic mass is 10.2. The Bertz CT molecular complexity index is 932. The van der Waals surface area contributed by atoms with Gasteiger partial charge in [0.25, 0.3) is 0 Å². The Hall–Kier alpha value is -2.97. The summed E-state index contributed by atoms with van der Waals surface area (Å²) in [5, 5.41) is 15.6. The van der Waals surface area contributed by atoms with Crippen molar-refractivity contribution in [3.8, 4) is 0 Å². The molecule has 3 aromatic rings. The highest BCUT2D eigenvalue weighted by molar-refractivity contribution is 5.92. The molecule has 1 fully saturated rings. The number of rotatable bonds is 5. The molecule has 8 heteroatoms. The average Bonchev–Trinajstić information content (AvgIpc) is 3.04. The number of aromatic carboxylic acids is 1.